The first-order valence-corrected chi connectivity index (χ1v) is 7.19. The molecule has 6 nitrogen and oxygen atoms in total. The maximum Gasteiger partial charge on any atom is 0.250 e. The summed E-state index contributed by atoms with van der Waals surface area (Å²) < 4.78 is 7.01. The number of aromatic nitrogens is 2. The van der Waals surface area contributed by atoms with E-state index in [2.05, 4.69) is 16.5 Å². The molecule has 0 bridgehead atoms. The number of nitriles is 1. The van der Waals surface area contributed by atoms with E-state index in [0.717, 1.165) is 12.1 Å². The average molecular weight is 296 g/mol. The lowest BCUT2D eigenvalue weighted by Crippen LogP contribution is -2.36. The fourth-order valence-corrected chi connectivity index (χ4v) is 2.42. The van der Waals surface area contributed by atoms with Crippen molar-refractivity contribution in [2.45, 2.75) is 25.0 Å². The Morgan fingerprint density at radius 1 is 1.45 bits per heavy atom. The largest absolute Gasteiger partial charge is 0.368 e. The van der Waals surface area contributed by atoms with Crippen LogP contribution in [0, 0.1) is 11.3 Å². The van der Waals surface area contributed by atoms with Crippen LogP contribution < -0.4 is 5.32 Å². The fraction of sp³-hybridized carbons (Fsp3) is 0.312. The smallest absolute Gasteiger partial charge is 0.250 e. The molecule has 1 amide bonds. The van der Waals surface area contributed by atoms with Gasteiger partial charge in [0.25, 0.3) is 0 Å². The summed E-state index contributed by atoms with van der Waals surface area (Å²) in [6, 6.07) is 11.0. The highest BCUT2D eigenvalue weighted by Crippen LogP contribution is 2.17. The lowest BCUT2D eigenvalue weighted by Gasteiger charge is -2.13. The van der Waals surface area contributed by atoms with Crippen LogP contribution in [0.15, 0.2) is 42.7 Å². The van der Waals surface area contributed by atoms with Crippen molar-refractivity contribution < 1.29 is 9.53 Å². The van der Waals surface area contributed by atoms with Gasteiger partial charge in [-0.05, 0) is 25.0 Å². The van der Waals surface area contributed by atoms with E-state index in [1.807, 2.05) is 30.3 Å². The highest BCUT2D eigenvalue weighted by atomic mass is 16.5. The number of benzene rings is 1. The molecule has 2 aromatic rings. The number of hydrogen-bond acceptors (Lipinski definition) is 4. The second kappa shape index (κ2) is 6.41. The third-order valence-electron chi connectivity index (χ3n) is 3.59. The van der Waals surface area contributed by atoms with Crippen molar-refractivity contribution in [2.24, 2.45) is 0 Å². The van der Waals surface area contributed by atoms with E-state index in [1.165, 1.54) is 0 Å². The number of hydrogen-bond donors (Lipinski definition) is 1. The SMILES string of the molecule is N#C[C@H](NC(=O)[C@H]1CCCO1)c1cnn(-c2ccccc2)c1. The van der Waals surface area contributed by atoms with Crippen LogP contribution >= 0.6 is 0 Å². The molecule has 3 rings (SSSR count). The summed E-state index contributed by atoms with van der Waals surface area (Å²) in [6.45, 7) is 0.598. The van der Waals surface area contributed by atoms with Crippen molar-refractivity contribution in [3.8, 4) is 11.8 Å². The van der Waals surface area contributed by atoms with Gasteiger partial charge in [-0.15, -0.1) is 0 Å². The zero-order valence-electron chi connectivity index (χ0n) is 12.0. The van der Waals surface area contributed by atoms with Crippen LogP contribution in [-0.2, 0) is 9.53 Å². The molecule has 112 valence electrons. The average Bonchev–Trinajstić information content (AvgIpc) is 3.24. The summed E-state index contributed by atoms with van der Waals surface area (Å²) >= 11 is 0. The first-order chi connectivity index (χ1) is 10.8. The van der Waals surface area contributed by atoms with Crippen molar-refractivity contribution in [1.82, 2.24) is 15.1 Å². The van der Waals surface area contributed by atoms with Crippen LogP contribution in [0.3, 0.4) is 0 Å². The lowest BCUT2D eigenvalue weighted by molar-refractivity contribution is -0.130. The van der Waals surface area contributed by atoms with Gasteiger partial charge in [0, 0.05) is 18.4 Å². The van der Waals surface area contributed by atoms with E-state index < -0.39 is 12.1 Å². The minimum absolute atomic E-state index is 0.239. The second-order valence-corrected chi connectivity index (χ2v) is 5.13. The summed E-state index contributed by atoms with van der Waals surface area (Å²) in [5.74, 6) is -0.239. The Bertz CT molecular complexity index is 684. The Labute approximate surface area is 128 Å². The number of nitrogens with one attached hydrogen (secondary N) is 1. The predicted molar refractivity (Wildman–Crippen MR) is 79.0 cm³/mol. The van der Waals surface area contributed by atoms with Gasteiger partial charge in [-0.2, -0.15) is 10.4 Å². The van der Waals surface area contributed by atoms with Crippen molar-refractivity contribution in [3.63, 3.8) is 0 Å². The molecule has 22 heavy (non-hydrogen) atoms. The fourth-order valence-electron chi connectivity index (χ4n) is 2.42. The highest BCUT2D eigenvalue weighted by molar-refractivity contribution is 5.81. The molecule has 0 aliphatic carbocycles. The summed E-state index contributed by atoms with van der Waals surface area (Å²) in [5, 5.41) is 16.3. The van der Waals surface area contributed by atoms with Gasteiger partial charge in [0.2, 0.25) is 5.91 Å². The Hall–Kier alpha value is -2.65. The molecule has 1 saturated heterocycles. The van der Waals surface area contributed by atoms with Crippen LogP contribution in [0.25, 0.3) is 5.69 Å². The van der Waals surface area contributed by atoms with Crippen molar-refractivity contribution in [2.75, 3.05) is 6.61 Å². The summed E-state index contributed by atoms with van der Waals surface area (Å²) in [7, 11) is 0. The van der Waals surface area contributed by atoms with E-state index in [1.54, 1.807) is 17.1 Å². The monoisotopic (exact) mass is 296 g/mol. The van der Waals surface area contributed by atoms with Gasteiger partial charge in [-0.3, -0.25) is 4.79 Å². The van der Waals surface area contributed by atoms with E-state index in [0.29, 0.717) is 18.6 Å². The number of carbonyl (C=O) groups is 1. The van der Waals surface area contributed by atoms with Gasteiger partial charge in [0.1, 0.15) is 12.1 Å². The van der Waals surface area contributed by atoms with Gasteiger partial charge in [0.15, 0.2) is 0 Å². The topological polar surface area (TPSA) is 79.9 Å². The Balaban J connectivity index is 1.73. The van der Waals surface area contributed by atoms with Crippen LogP contribution in [0.4, 0.5) is 0 Å². The molecule has 0 radical (unpaired) electrons. The molecule has 6 heteroatoms. The third kappa shape index (κ3) is 3.00. The minimum atomic E-state index is -0.728. The molecule has 0 saturated carbocycles. The van der Waals surface area contributed by atoms with Gasteiger partial charge in [0.05, 0.1) is 18.0 Å². The Morgan fingerprint density at radius 2 is 2.27 bits per heavy atom. The van der Waals surface area contributed by atoms with Crippen LogP contribution in [0.2, 0.25) is 0 Å². The van der Waals surface area contributed by atoms with Crippen molar-refractivity contribution in [3.05, 3.63) is 48.3 Å². The first kappa shape index (κ1) is 14.3. The van der Waals surface area contributed by atoms with Crippen LogP contribution in [0.1, 0.15) is 24.4 Å². The van der Waals surface area contributed by atoms with Gasteiger partial charge < -0.3 is 10.1 Å². The number of carbonyl (C=O) groups excluding carboxylic acids is 1. The number of ether oxygens (including phenoxy) is 1. The lowest BCUT2D eigenvalue weighted by atomic mass is 10.1. The molecule has 2 atom stereocenters. The zero-order chi connectivity index (χ0) is 15.4. The molecule has 1 aliphatic heterocycles. The molecule has 1 aromatic carbocycles. The number of nitrogens with zero attached hydrogens (tertiary/aromatic N) is 3. The van der Waals surface area contributed by atoms with Gasteiger partial charge in [-0.1, -0.05) is 18.2 Å². The van der Waals surface area contributed by atoms with E-state index in [4.69, 9.17) is 4.74 Å². The molecule has 1 aliphatic rings. The summed E-state index contributed by atoms with van der Waals surface area (Å²) in [6.07, 6.45) is 4.48. The summed E-state index contributed by atoms with van der Waals surface area (Å²) in [4.78, 5) is 12.1. The van der Waals surface area contributed by atoms with Gasteiger partial charge in [-0.25, -0.2) is 4.68 Å². The molecule has 0 unspecified atom stereocenters. The normalized spacial score (nSPS) is 18.6. The van der Waals surface area contributed by atoms with Crippen molar-refractivity contribution >= 4 is 5.91 Å². The molecule has 1 aromatic heterocycles. The highest BCUT2D eigenvalue weighted by Gasteiger charge is 2.26. The van der Waals surface area contributed by atoms with Gasteiger partial charge >= 0.3 is 0 Å². The number of para-hydroxylation sites is 1. The standard InChI is InChI=1S/C16H16N4O2/c17-9-14(19-16(21)15-7-4-8-22-15)12-10-18-20(11-12)13-5-2-1-3-6-13/h1-3,5-6,10-11,14-15H,4,7-8H2,(H,19,21)/t14-,15+/m0/s1. The molecular weight excluding hydrogens is 280 g/mol. The minimum Gasteiger partial charge on any atom is -0.368 e. The first-order valence-electron chi connectivity index (χ1n) is 7.19. The Kier molecular flexibility index (Phi) is 4.17. The second-order valence-electron chi connectivity index (χ2n) is 5.13. The zero-order valence-corrected chi connectivity index (χ0v) is 12.0. The Morgan fingerprint density at radius 3 is 2.95 bits per heavy atom. The number of rotatable bonds is 4. The maximum absolute atomic E-state index is 12.1. The summed E-state index contributed by atoms with van der Waals surface area (Å²) in [5.41, 5.74) is 1.55. The maximum atomic E-state index is 12.1. The predicted octanol–water partition coefficient (Wildman–Crippen LogP) is 1.73. The van der Waals surface area contributed by atoms with Crippen LogP contribution in [-0.4, -0.2) is 28.4 Å². The number of amides is 1. The molecule has 1 N–H and O–H groups in total. The molecule has 2 heterocycles. The van der Waals surface area contributed by atoms with E-state index in [9.17, 15) is 10.1 Å². The molecule has 0 spiro atoms. The molecule has 1 fully saturated rings. The van der Waals surface area contributed by atoms with E-state index in [-0.39, 0.29) is 5.91 Å². The van der Waals surface area contributed by atoms with Crippen molar-refractivity contribution in [1.29, 1.82) is 5.26 Å². The quantitative estimate of drug-likeness (QED) is 0.931. The third-order valence-corrected chi connectivity index (χ3v) is 3.59. The van der Waals surface area contributed by atoms with E-state index >= 15 is 0 Å². The molecular formula is C16H16N4O2. The van der Waals surface area contributed by atoms with Crippen LogP contribution in [0.5, 0.6) is 0 Å².